The van der Waals surface area contributed by atoms with Gasteiger partial charge in [0.05, 0.1) is 17.4 Å². The van der Waals surface area contributed by atoms with E-state index in [1.807, 2.05) is 35.1 Å². The number of hydrogen-bond acceptors (Lipinski definition) is 4. The third kappa shape index (κ3) is 2.83. The van der Waals surface area contributed by atoms with E-state index >= 15 is 0 Å². The second-order valence-electron chi connectivity index (χ2n) is 7.81. The van der Waals surface area contributed by atoms with Gasteiger partial charge in [-0.2, -0.15) is 0 Å². The lowest BCUT2D eigenvalue weighted by molar-refractivity contribution is 0.190. The first-order chi connectivity index (χ1) is 13.2. The number of hydrogen-bond donors (Lipinski definition) is 0. The van der Waals surface area contributed by atoms with Crippen LogP contribution in [0.2, 0.25) is 0 Å². The Kier molecular flexibility index (Phi) is 3.99. The van der Waals surface area contributed by atoms with Crippen LogP contribution in [0.1, 0.15) is 31.4 Å². The molecule has 2 aromatic rings. The van der Waals surface area contributed by atoms with E-state index < -0.39 is 0 Å². The summed E-state index contributed by atoms with van der Waals surface area (Å²) in [7, 11) is 0. The van der Waals surface area contributed by atoms with Crippen LogP contribution in [0, 0.1) is 6.92 Å². The Morgan fingerprint density at radius 1 is 1.11 bits per heavy atom. The molecule has 0 aromatic carbocycles. The Morgan fingerprint density at radius 3 is 2.78 bits per heavy atom. The zero-order valence-corrected chi connectivity index (χ0v) is 15.8. The van der Waals surface area contributed by atoms with Gasteiger partial charge in [-0.05, 0) is 56.9 Å². The lowest BCUT2D eigenvalue weighted by Crippen LogP contribution is -2.53. The number of fused-ring (bicyclic) bond motifs is 4. The van der Waals surface area contributed by atoms with Crippen LogP contribution >= 0.6 is 0 Å². The van der Waals surface area contributed by atoms with Gasteiger partial charge in [0, 0.05) is 43.6 Å². The fourth-order valence-corrected chi connectivity index (χ4v) is 4.56. The predicted molar refractivity (Wildman–Crippen MR) is 106 cm³/mol. The summed E-state index contributed by atoms with van der Waals surface area (Å²) in [5.41, 5.74) is 4.00. The first kappa shape index (κ1) is 16.5. The summed E-state index contributed by atoms with van der Waals surface area (Å²) in [5, 5.41) is 0. The number of pyridine rings is 2. The highest BCUT2D eigenvalue weighted by atomic mass is 16.2. The van der Waals surface area contributed by atoms with Crippen molar-refractivity contribution in [1.29, 1.82) is 0 Å². The van der Waals surface area contributed by atoms with Crippen LogP contribution in [-0.4, -0.2) is 53.1 Å². The molecule has 27 heavy (non-hydrogen) atoms. The molecule has 3 aliphatic rings. The van der Waals surface area contributed by atoms with Gasteiger partial charge in [-0.15, -0.1) is 0 Å². The van der Waals surface area contributed by atoms with Gasteiger partial charge in [-0.3, -0.25) is 9.88 Å². The van der Waals surface area contributed by atoms with Gasteiger partial charge in [-0.25, -0.2) is 9.78 Å². The molecule has 0 N–H and O–H groups in total. The van der Waals surface area contributed by atoms with Crippen molar-refractivity contribution in [3.05, 3.63) is 36.2 Å². The summed E-state index contributed by atoms with van der Waals surface area (Å²) in [4.78, 5) is 29.0. The van der Waals surface area contributed by atoms with Gasteiger partial charge in [0.15, 0.2) is 5.82 Å². The predicted octanol–water partition coefficient (Wildman–Crippen LogP) is 3.46. The summed E-state index contributed by atoms with van der Waals surface area (Å²) < 4.78 is 0. The molecule has 2 fully saturated rings. The van der Waals surface area contributed by atoms with Crippen LogP contribution in [0.5, 0.6) is 0 Å². The largest absolute Gasteiger partial charge is 0.366 e. The molecule has 0 saturated carbocycles. The van der Waals surface area contributed by atoms with Crippen molar-refractivity contribution in [3.8, 4) is 11.3 Å². The second-order valence-corrected chi connectivity index (χ2v) is 7.81. The maximum absolute atomic E-state index is 13.4. The van der Waals surface area contributed by atoms with Crippen LogP contribution < -0.4 is 9.80 Å². The fraction of sp³-hybridized carbons (Fsp3) is 0.476. The van der Waals surface area contributed by atoms with Gasteiger partial charge in [0.25, 0.3) is 0 Å². The first-order valence-electron chi connectivity index (χ1n) is 9.98. The molecule has 0 radical (unpaired) electrons. The molecule has 0 spiro atoms. The van der Waals surface area contributed by atoms with Gasteiger partial charge in [0.1, 0.15) is 0 Å². The number of amides is 2. The maximum Gasteiger partial charge on any atom is 0.326 e. The molecule has 0 aliphatic carbocycles. The molecule has 2 bridgehead atoms. The molecule has 6 heteroatoms. The number of aryl methyl sites for hydroxylation is 1. The van der Waals surface area contributed by atoms with Crippen LogP contribution in [-0.2, 0) is 0 Å². The van der Waals surface area contributed by atoms with Crippen LogP contribution in [0.3, 0.4) is 0 Å². The van der Waals surface area contributed by atoms with E-state index in [2.05, 4.69) is 22.0 Å². The Labute approximate surface area is 159 Å². The molecule has 2 saturated heterocycles. The quantitative estimate of drug-likeness (QED) is 0.779. The molecular formula is C21H25N5O. The lowest BCUT2D eigenvalue weighted by Gasteiger charge is -2.39. The van der Waals surface area contributed by atoms with Gasteiger partial charge in [-0.1, -0.05) is 0 Å². The third-order valence-corrected chi connectivity index (χ3v) is 5.98. The minimum Gasteiger partial charge on any atom is -0.366 e. The number of piperidine rings is 1. The molecule has 6 nitrogen and oxygen atoms in total. The van der Waals surface area contributed by atoms with E-state index in [-0.39, 0.29) is 12.1 Å². The minimum atomic E-state index is 0.137. The Morgan fingerprint density at radius 2 is 1.96 bits per heavy atom. The number of carbonyl (C=O) groups excluding carboxylic acids is 1. The second kappa shape index (κ2) is 6.51. The van der Waals surface area contributed by atoms with Crippen molar-refractivity contribution in [3.63, 3.8) is 0 Å². The third-order valence-electron chi connectivity index (χ3n) is 5.98. The number of anilines is 2. The lowest BCUT2D eigenvalue weighted by atomic mass is 10.1. The molecule has 140 valence electrons. The highest BCUT2D eigenvalue weighted by Gasteiger charge is 2.41. The van der Waals surface area contributed by atoms with E-state index in [9.17, 15) is 4.79 Å². The molecule has 2 aromatic heterocycles. The summed E-state index contributed by atoms with van der Waals surface area (Å²) in [6.07, 6.45) is 6.26. The normalized spacial score (nSPS) is 21.4. The standard InChI is InChI=1S/C21H25N5O/c1-15-13-16(7-9-22-15)18-5-6-19-20(23-18)26(17-8-12-25(19)14-17)21(27)24-10-3-2-4-11-24/h5-7,9,13,17H,2-4,8,10-12,14H2,1H3. The van der Waals surface area contributed by atoms with Gasteiger partial charge >= 0.3 is 6.03 Å². The van der Waals surface area contributed by atoms with Crippen molar-refractivity contribution in [2.75, 3.05) is 36.0 Å². The molecular weight excluding hydrogens is 338 g/mol. The van der Waals surface area contributed by atoms with Crippen LogP contribution in [0.15, 0.2) is 30.5 Å². The minimum absolute atomic E-state index is 0.137. The fourth-order valence-electron chi connectivity index (χ4n) is 4.56. The van der Waals surface area contributed by atoms with Crippen molar-refractivity contribution >= 4 is 17.5 Å². The number of nitrogens with zero attached hydrogens (tertiary/aromatic N) is 5. The molecule has 5 rings (SSSR count). The molecule has 3 aliphatic heterocycles. The highest BCUT2D eigenvalue weighted by molar-refractivity contribution is 5.97. The van der Waals surface area contributed by atoms with Crippen LogP contribution in [0.4, 0.5) is 16.3 Å². The zero-order valence-electron chi connectivity index (χ0n) is 15.8. The van der Waals surface area contributed by atoms with E-state index in [0.717, 1.165) is 73.9 Å². The Hall–Kier alpha value is -2.63. The molecule has 1 unspecified atom stereocenters. The zero-order chi connectivity index (χ0) is 18.4. The molecule has 1 atom stereocenters. The summed E-state index contributed by atoms with van der Waals surface area (Å²) in [5.74, 6) is 0.825. The molecule has 5 heterocycles. The van der Waals surface area contributed by atoms with E-state index in [1.165, 1.54) is 6.42 Å². The van der Waals surface area contributed by atoms with E-state index in [0.29, 0.717) is 0 Å². The number of aromatic nitrogens is 2. The Balaban J connectivity index is 1.56. The highest BCUT2D eigenvalue weighted by Crippen LogP contribution is 2.40. The van der Waals surface area contributed by atoms with E-state index in [4.69, 9.17) is 4.98 Å². The maximum atomic E-state index is 13.4. The summed E-state index contributed by atoms with van der Waals surface area (Å²) in [6, 6.07) is 8.59. The topological polar surface area (TPSA) is 52.6 Å². The van der Waals surface area contributed by atoms with Crippen molar-refractivity contribution in [2.24, 2.45) is 0 Å². The molecule has 2 amide bonds. The van der Waals surface area contributed by atoms with Crippen molar-refractivity contribution in [1.82, 2.24) is 14.9 Å². The van der Waals surface area contributed by atoms with Crippen molar-refractivity contribution < 1.29 is 4.79 Å². The number of carbonyl (C=O) groups is 1. The monoisotopic (exact) mass is 363 g/mol. The van der Waals surface area contributed by atoms with Gasteiger partial charge < -0.3 is 9.80 Å². The number of urea groups is 1. The summed E-state index contributed by atoms with van der Waals surface area (Å²) in [6.45, 7) is 5.63. The van der Waals surface area contributed by atoms with Gasteiger partial charge in [0.2, 0.25) is 0 Å². The van der Waals surface area contributed by atoms with Crippen LogP contribution in [0.25, 0.3) is 11.3 Å². The average Bonchev–Trinajstić information content (AvgIpc) is 3.13. The SMILES string of the molecule is Cc1cc(-c2ccc3c(n2)N(C(=O)N2CCCCC2)C2CCN3C2)ccn1. The van der Waals surface area contributed by atoms with E-state index in [1.54, 1.807) is 0 Å². The summed E-state index contributed by atoms with van der Waals surface area (Å²) >= 11 is 0. The Bertz CT molecular complexity index is 877. The van der Waals surface area contributed by atoms with Crippen molar-refractivity contribution in [2.45, 2.75) is 38.6 Å². The number of rotatable bonds is 1. The average molecular weight is 363 g/mol. The smallest absolute Gasteiger partial charge is 0.326 e. The number of likely N-dealkylation sites (tertiary alicyclic amines) is 1. The first-order valence-corrected chi connectivity index (χ1v) is 9.98.